The Morgan fingerprint density at radius 1 is 1.21 bits per heavy atom. The molecule has 0 spiro atoms. The number of thiophene rings is 1. The van der Waals surface area contributed by atoms with Crippen molar-refractivity contribution in [2.45, 2.75) is 31.3 Å². The van der Waals surface area contributed by atoms with Gasteiger partial charge in [0.25, 0.3) is 0 Å². The summed E-state index contributed by atoms with van der Waals surface area (Å²) in [5, 5.41) is 7.18. The molecule has 0 bridgehead atoms. The number of hydrogen-bond donors (Lipinski definition) is 2. The van der Waals surface area contributed by atoms with E-state index in [0.29, 0.717) is 18.0 Å². The van der Waals surface area contributed by atoms with E-state index in [9.17, 15) is 0 Å². The van der Waals surface area contributed by atoms with Crippen LogP contribution >= 0.6 is 11.3 Å². The fourth-order valence-electron chi connectivity index (χ4n) is 3.92. The minimum absolute atomic E-state index is 0.352. The van der Waals surface area contributed by atoms with Gasteiger partial charge in [-0.15, -0.1) is 11.3 Å². The first-order valence-corrected chi connectivity index (χ1v) is 11.0. The molecule has 2 aromatic rings. The maximum atomic E-state index is 5.56. The van der Waals surface area contributed by atoms with Gasteiger partial charge in [-0.05, 0) is 31.0 Å². The molecule has 1 aliphatic carbocycles. The summed E-state index contributed by atoms with van der Waals surface area (Å²) in [6, 6.07) is 16.1. The molecule has 6 heteroatoms. The molecule has 1 aromatic carbocycles. The third-order valence-electron chi connectivity index (χ3n) is 5.60. The highest BCUT2D eigenvalue weighted by molar-refractivity contribution is 7.12. The third kappa shape index (κ3) is 4.74. The Hall–Kier alpha value is -1.89. The molecule has 0 amide bonds. The van der Waals surface area contributed by atoms with E-state index in [2.05, 4.69) is 69.9 Å². The van der Waals surface area contributed by atoms with Gasteiger partial charge in [0.05, 0.1) is 19.3 Å². The van der Waals surface area contributed by atoms with Crippen molar-refractivity contribution in [3.05, 3.63) is 57.8 Å². The number of hydrogen-bond acceptors (Lipinski definition) is 4. The largest absolute Gasteiger partial charge is 0.379 e. The highest BCUT2D eigenvalue weighted by Crippen LogP contribution is 2.40. The van der Waals surface area contributed by atoms with E-state index in [4.69, 9.17) is 4.74 Å². The predicted octanol–water partition coefficient (Wildman–Crippen LogP) is 3.15. The highest BCUT2D eigenvalue weighted by atomic mass is 32.1. The van der Waals surface area contributed by atoms with Crippen molar-refractivity contribution in [2.24, 2.45) is 4.99 Å². The molecule has 1 aliphatic heterocycles. The Bertz CT molecular complexity index is 785. The topological polar surface area (TPSA) is 48.9 Å². The molecule has 2 aliphatic rings. The zero-order chi connectivity index (χ0) is 19.3. The average Bonchev–Trinajstić information content (AvgIpc) is 3.39. The summed E-state index contributed by atoms with van der Waals surface area (Å²) < 4.78 is 5.56. The van der Waals surface area contributed by atoms with Crippen LogP contribution in [0.5, 0.6) is 0 Å². The summed E-state index contributed by atoms with van der Waals surface area (Å²) in [6.07, 6.45) is 1.17. The number of nitrogens with one attached hydrogen (secondary N) is 2. The van der Waals surface area contributed by atoms with E-state index < -0.39 is 0 Å². The minimum atomic E-state index is 0.352. The number of rotatable bonds is 6. The minimum Gasteiger partial charge on any atom is -0.379 e. The number of ether oxygens (including phenoxy) is 1. The molecule has 1 saturated carbocycles. The molecule has 3 unspecified atom stereocenters. The zero-order valence-electron chi connectivity index (χ0n) is 16.7. The Morgan fingerprint density at radius 3 is 2.68 bits per heavy atom. The predicted molar refractivity (Wildman–Crippen MR) is 116 cm³/mol. The van der Waals surface area contributed by atoms with Crippen LogP contribution in [0.25, 0.3) is 0 Å². The first kappa shape index (κ1) is 19.4. The second kappa shape index (κ2) is 9.07. The molecule has 2 heterocycles. The first-order chi connectivity index (χ1) is 13.7. The molecule has 2 fully saturated rings. The van der Waals surface area contributed by atoms with Gasteiger partial charge in [0, 0.05) is 48.4 Å². The van der Waals surface area contributed by atoms with Gasteiger partial charge >= 0.3 is 0 Å². The molecular weight excluding hydrogens is 368 g/mol. The Balaban J connectivity index is 1.36. The summed E-state index contributed by atoms with van der Waals surface area (Å²) in [5.74, 6) is 1.49. The van der Waals surface area contributed by atoms with Crippen LogP contribution in [0.3, 0.4) is 0 Å². The second-order valence-corrected chi connectivity index (χ2v) is 8.89. The lowest BCUT2D eigenvalue weighted by molar-refractivity contribution is 0.0177. The quantitative estimate of drug-likeness (QED) is 0.580. The van der Waals surface area contributed by atoms with Crippen molar-refractivity contribution in [2.75, 3.05) is 39.9 Å². The van der Waals surface area contributed by atoms with Crippen LogP contribution < -0.4 is 10.6 Å². The Labute approximate surface area is 171 Å². The monoisotopic (exact) mass is 398 g/mol. The number of aliphatic imine (C=N–C) groups is 1. The molecule has 4 rings (SSSR count). The standard InChI is InChI=1S/C22H30N4OS/c1-16-8-9-21(28-16)20(26-10-12-27-13-11-26)15-24-22(23-2)25-19-14-18(19)17-6-4-3-5-7-17/h3-9,18-20H,10-15H2,1-2H3,(H2,23,24,25). The normalized spacial score (nSPS) is 24.0. The van der Waals surface area contributed by atoms with Crippen LogP contribution in [0.1, 0.15) is 33.7 Å². The van der Waals surface area contributed by atoms with Crippen LogP contribution in [0.2, 0.25) is 0 Å². The summed E-state index contributed by atoms with van der Waals surface area (Å²) in [7, 11) is 1.86. The van der Waals surface area contributed by atoms with Gasteiger partial charge in [-0.1, -0.05) is 30.3 Å². The summed E-state index contributed by atoms with van der Waals surface area (Å²) in [6.45, 7) is 6.61. The summed E-state index contributed by atoms with van der Waals surface area (Å²) >= 11 is 1.89. The number of aryl methyl sites for hydroxylation is 1. The first-order valence-electron chi connectivity index (χ1n) is 10.1. The van der Waals surface area contributed by atoms with Crippen molar-refractivity contribution >= 4 is 17.3 Å². The Morgan fingerprint density at radius 2 is 2.00 bits per heavy atom. The van der Waals surface area contributed by atoms with E-state index in [1.807, 2.05) is 18.4 Å². The van der Waals surface area contributed by atoms with Gasteiger partial charge in [-0.25, -0.2) is 0 Å². The molecule has 0 radical (unpaired) electrons. The van der Waals surface area contributed by atoms with Gasteiger partial charge in [-0.3, -0.25) is 9.89 Å². The summed E-state index contributed by atoms with van der Waals surface area (Å²) in [4.78, 5) is 9.77. The number of morpholine rings is 1. The van der Waals surface area contributed by atoms with E-state index in [0.717, 1.165) is 38.8 Å². The van der Waals surface area contributed by atoms with Gasteiger partial charge in [0.2, 0.25) is 0 Å². The lowest BCUT2D eigenvalue weighted by Crippen LogP contribution is -2.46. The second-order valence-electron chi connectivity index (χ2n) is 7.57. The number of benzene rings is 1. The van der Waals surface area contributed by atoms with Crippen molar-refractivity contribution in [3.8, 4) is 0 Å². The SMILES string of the molecule is CN=C(NCC(c1ccc(C)s1)N1CCOCC1)NC1CC1c1ccccc1. The molecule has 2 N–H and O–H groups in total. The average molecular weight is 399 g/mol. The molecule has 5 nitrogen and oxygen atoms in total. The highest BCUT2D eigenvalue weighted by Gasteiger charge is 2.39. The van der Waals surface area contributed by atoms with Gasteiger partial charge in [0.1, 0.15) is 0 Å². The van der Waals surface area contributed by atoms with Crippen LogP contribution in [0, 0.1) is 6.92 Å². The summed E-state index contributed by atoms with van der Waals surface area (Å²) in [5.41, 5.74) is 1.41. The van der Waals surface area contributed by atoms with Gasteiger partial charge in [-0.2, -0.15) is 0 Å². The van der Waals surface area contributed by atoms with Crippen LogP contribution in [-0.4, -0.2) is 56.8 Å². The molecule has 1 aromatic heterocycles. The van der Waals surface area contributed by atoms with Crippen molar-refractivity contribution < 1.29 is 4.74 Å². The fourth-order valence-corrected chi connectivity index (χ4v) is 4.93. The van der Waals surface area contributed by atoms with Crippen molar-refractivity contribution in [1.29, 1.82) is 0 Å². The van der Waals surface area contributed by atoms with Crippen molar-refractivity contribution in [3.63, 3.8) is 0 Å². The lowest BCUT2D eigenvalue weighted by atomic mass is 10.1. The van der Waals surface area contributed by atoms with Gasteiger partial charge in [0.15, 0.2) is 5.96 Å². The van der Waals surface area contributed by atoms with Crippen LogP contribution in [0.4, 0.5) is 0 Å². The maximum absolute atomic E-state index is 5.56. The van der Waals surface area contributed by atoms with E-state index in [1.165, 1.54) is 21.7 Å². The number of nitrogens with zero attached hydrogens (tertiary/aromatic N) is 2. The molecule has 150 valence electrons. The van der Waals surface area contributed by atoms with E-state index >= 15 is 0 Å². The maximum Gasteiger partial charge on any atom is 0.191 e. The smallest absolute Gasteiger partial charge is 0.191 e. The van der Waals surface area contributed by atoms with Crippen LogP contribution in [0.15, 0.2) is 47.5 Å². The van der Waals surface area contributed by atoms with E-state index in [-0.39, 0.29) is 0 Å². The molecule has 28 heavy (non-hydrogen) atoms. The van der Waals surface area contributed by atoms with Crippen LogP contribution in [-0.2, 0) is 4.74 Å². The molecular formula is C22H30N4OS. The lowest BCUT2D eigenvalue weighted by Gasteiger charge is -2.34. The molecule has 3 atom stereocenters. The zero-order valence-corrected chi connectivity index (χ0v) is 17.5. The Kier molecular flexibility index (Phi) is 6.29. The fraction of sp³-hybridized carbons (Fsp3) is 0.500. The van der Waals surface area contributed by atoms with Gasteiger partial charge < -0.3 is 15.4 Å². The van der Waals surface area contributed by atoms with Crippen molar-refractivity contribution in [1.82, 2.24) is 15.5 Å². The third-order valence-corrected chi connectivity index (χ3v) is 6.70. The van der Waals surface area contributed by atoms with E-state index in [1.54, 1.807) is 0 Å². The number of guanidine groups is 1. The molecule has 1 saturated heterocycles.